The first-order valence-corrected chi connectivity index (χ1v) is 8.06. The van der Waals surface area contributed by atoms with E-state index in [4.69, 9.17) is 0 Å². The van der Waals surface area contributed by atoms with E-state index in [1.165, 1.54) is 11.3 Å². The van der Waals surface area contributed by atoms with E-state index in [1.807, 2.05) is 42.3 Å². The van der Waals surface area contributed by atoms with Gasteiger partial charge in [0, 0.05) is 18.7 Å². The average Bonchev–Trinajstić information content (AvgIpc) is 3.05. The van der Waals surface area contributed by atoms with Gasteiger partial charge >= 0.3 is 0 Å². The molecule has 0 atom stereocenters. The lowest BCUT2D eigenvalue weighted by Gasteiger charge is -2.31. The molecule has 3 rings (SSSR count). The predicted molar refractivity (Wildman–Crippen MR) is 85.5 cm³/mol. The molecule has 1 amide bonds. The molecule has 1 aromatic heterocycles. The molecule has 2 aromatic rings. The van der Waals surface area contributed by atoms with Crippen LogP contribution in [-0.4, -0.2) is 42.0 Å². The number of piperidine rings is 1. The Hall–Kier alpha value is -1.72. The summed E-state index contributed by atoms with van der Waals surface area (Å²) >= 11 is 1.47. The first-order chi connectivity index (χ1) is 10.3. The third-order valence-corrected chi connectivity index (χ3v) is 4.95. The maximum Gasteiger partial charge on any atom is 0.265 e. The molecule has 1 aliphatic rings. The highest BCUT2D eigenvalue weighted by atomic mass is 32.1. The second-order valence-corrected chi connectivity index (χ2v) is 6.32. The van der Waals surface area contributed by atoms with Crippen LogP contribution < -0.4 is 5.32 Å². The van der Waals surface area contributed by atoms with Crippen LogP contribution in [0.3, 0.4) is 0 Å². The molecule has 1 aromatic carbocycles. The van der Waals surface area contributed by atoms with Gasteiger partial charge in [-0.1, -0.05) is 30.3 Å². The molecule has 5 heteroatoms. The maximum absolute atomic E-state index is 12.6. The molecule has 0 saturated carbocycles. The Morgan fingerprint density at radius 3 is 2.71 bits per heavy atom. The van der Waals surface area contributed by atoms with E-state index in [2.05, 4.69) is 10.3 Å². The van der Waals surface area contributed by atoms with Crippen molar-refractivity contribution < 1.29 is 4.79 Å². The highest BCUT2D eigenvalue weighted by Crippen LogP contribution is 2.26. The molecule has 4 nitrogen and oxygen atoms in total. The zero-order chi connectivity index (χ0) is 14.7. The number of nitrogens with zero attached hydrogens (tertiary/aromatic N) is 2. The zero-order valence-electron chi connectivity index (χ0n) is 12.1. The monoisotopic (exact) mass is 301 g/mol. The second-order valence-electron chi connectivity index (χ2n) is 5.29. The molecule has 1 aliphatic heterocycles. The number of benzene rings is 1. The summed E-state index contributed by atoms with van der Waals surface area (Å²) in [6, 6.07) is 10.3. The first-order valence-electron chi connectivity index (χ1n) is 7.25. The molecule has 1 saturated heterocycles. The van der Waals surface area contributed by atoms with E-state index in [0.717, 1.165) is 41.4 Å². The number of thiazole rings is 1. The fourth-order valence-electron chi connectivity index (χ4n) is 2.62. The minimum atomic E-state index is 0.0848. The van der Waals surface area contributed by atoms with Crippen molar-refractivity contribution in [2.75, 3.05) is 20.1 Å². The van der Waals surface area contributed by atoms with Gasteiger partial charge in [0.1, 0.15) is 9.88 Å². The number of aromatic nitrogens is 1. The summed E-state index contributed by atoms with van der Waals surface area (Å²) in [6.45, 7) is 1.97. The summed E-state index contributed by atoms with van der Waals surface area (Å²) in [5.74, 6) is 0.0848. The summed E-state index contributed by atoms with van der Waals surface area (Å²) in [4.78, 5) is 19.6. The topological polar surface area (TPSA) is 45.2 Å². The summed E-state index contributed by atoms with van der Waals surface area (Å²) in [6.07, 6.45) is 3.74. The van der Waals surface area contributed by atoms with Crippen molar-refractivity contribution in [1.29, 1.82) is 0 Å². The van der Waals surface area contributed by atoms with Crippen LogP contribution in [0, 0.1) is 0 Å². The van der Waals surface area contributed by atoms with Gasteiger partial charge in [-0.2, -0.15) is 0 Å². The van der Waals surface area contributed by atoms with Gasteiger partial charge in [0.05, 0.1) is 6.20 Å². The van der Waals surface area contributed by atoms with Gasteiger partial charge < -0.3 is 10.2 Å². The number of nitrogens with one attached hydrogen (secondary N) is 1. The summed E-state index contributed by atoms with van der Waals surface area (Å²) < 4.78 is 0. The van der Waals surface area contributed by atoms with Crippen LogP contribution in [0.5, 0.6) is 0 Å². The summed E-state index contributed by atoms with van der Waals surface area (Å²) in [5, 5.41) is 4.23. The van der Waals surface area contributed by atoms with Crippen molar-refractivity contribution in [3.8, 4) is 10.6 Å². The van der Waals surface area contributed by atoms with Gasteiger partial charge in [-0.05, 0) is 25.9 Å². The normalized spacial score (nSPS) is 15.9. The molecule has 21 heavy (non-hydrogen) atoms. The van der Waals surface area contributed by atoms with Crippen LogP contribution in [0.2, 0.25) is 0 Å². The van der Waals surface area contributed by atoms with Crippen LogP contribution in [0.25, 0.3) is 10.6 Å². The molecular weight excluding hydrogens is 282 g/mol. The SMILES string of the molecule is CN(C(=O)c1cnc(-c2ccccc2)s1)C1CCNCC1. The van der Waals surface area contributed by atoms with E-state index in [1.54, 1.807) is 6.20 Å². The lowest BCUT2D eigenvalue weighted by molar-refractivity contribution is 0.0708. The highest BCUT2D eigenvalue weighted by molar-refractivity contribution is 7.16. The second kappa shape index (κ2) is 6.37. The molecule has 0 aliphatic carbocycles. The largest absolute Gasteiger partial charge is 0.338 e. The van der Waals surface area contributed by atoms with Gasteiger partial charge in [-0.15, -0.1) is 11.3 Å². The van der Waals surface area contributed by atoms with Gasteiger partial charge in [0.15, 0.2) is 0 Å². The van der Waals surface area contributed by atoms with Crippen molar-refractivity contribution >= 4 is 17.2 Å². The minimum absolute atomic E-state index is 0.0848. The van der Waals surface area contributed by atoms with Gasteiger partial charge in [-0.25, -0.2) is 4.98 Å². The first kappa shape index (κ1) is 14.2. The molecule has 110 valence electrons. The number of carbonyl (C=O) groups excluding carboxylic acids is 1. The molecule has 2 heterocycles. The smallest absolute Gasteiger partial charge is 0.265 e. The van der Waals surface area contributed by atoms with Crippen LogP contribution in [0.1, 0.15) is 22.5 Å². The maximum atomic E-state index is 12.6. The van der Waals surface area contributed by atoms with Crippen LogP contribution >= 0.6 is 11.3 Å². The molecule has 0 radical (unpaired) electrons. The Morgan fingerprint density at radius 2 is 2.00 bits per heavy atom. The van der Waals surface area contributed by atoms with Crippen molar-refractivity contribution in [1.82, 2.24) is 15.2 Å². The van der Waals surface area contributed by atoms with Crippen LogP contribution in [0.15, 0.2) is 36.5 Å². The summed E-state index contributed by atoms with van der Waals surface area (Å²) in [5.41, 5.74) is 1.06. The Morgan fingerprint density at radius 1 is 1.29 bits per heavy atom. The van der Waals surface area contributed by atoms with E-state index in [9.17, 15) is 4.79 Å². The number of amides is 1. The number of carbonyl (C=O) groups is 1. The number of hydrogen-bond acceptors (Lipinski definition) is 4. The number of rotatable bonds is 3. The Bertz CT molecular complexity index is 605. The zero-order valence-corrected chi connectivity index (χ0v) is 12.9. The Balaban J connectivity index is 1.74. The van der Waals surface area contributed by atoms with Gasteiger partial charge in [-0.3, -0.25) is 4.79 Å². The van der Waals surface area contributed by atoms with Crippen LogP contribution in [-0.2, 0) is 0 Å². The number of hydrogen-bond donors (Lipinski definition) is 1. The highest BCUT2D eigenvalue weighted by Gasteiger charge is 2.24. The molecule has 0 spiro atoms. The fraction of sp³-hybridized carbons (Fsp3) is 0.375. The molecule has 0 bridgehead atoms. The minimum Gasteiger partial charge on any atom is -0.338 e. The standard InChI is InChI=1S/C16H19N3OS/c1-19(13-7-9-17-10-8-13)16(20)14-11-18-15(21-14)12-5-3-2-4-6-12/h2-6,11,13,17H,7-10H2,1H3. The lowest BCUT2D eigenvalue weighted by atomic mass is 10.1. The van der Waals surface area contributed by atoms with Crippen molar-refractivity contribution in [2.45, 2.75) is 18.9 Å². The fourth-order valence-corrected chi connectivity index (χ4v) is 3.53. The summed E-state index contributed by atoms with van der Waals surface area (Å²) in [7, 11) is 1.90. The van der Waals surface area contributed by atoms with Crippen LogP contribution in [0.4, 0.5) is 0 Å². The molecule has 0 unspecified atom stereocenters. The van der Waals surface area contributed by atoms with Gasteiger partial charge in [0.2, 0.25) is 0 Å². The molecule has 1 fully saturated rings. The van der Waals surface area contributed by atoms with E-state index in [0.29, 0.717) is 6.04 Å². The van der Waals surface area contributed by atoms with Gasteiger partial charge in [0.25, 0.3) is 5.91 Å². The Labute approximate surface area is 128 Å². The lowest BCUT2D eigenvalue weighted by Crippen LogP contribution is -2.43. The average molecular weight is 301 g/mol. The molecule has 1 N–H and O–H groups in total. The quantitative estimate of drug-likeness (QED) is 0.948. The van der Waals surface area contributed by atoms with Crippen molar-refractivity contribution in [2.24, 2.45) is 0 Å². The Kier molecular flexibility index (Phi) is 4.31. The van der Waals surface area contributed by atoms with Crippen molar-refractivity contribution in [3.63, 3.8) is 0 Å². The third-order valence-electron chi connectivity index (χ3n) is 3.91. The predicted octanol–water partition coefficient (Wildman–Crippen LogP) is 2.63. The van der Waals surface area contributed by atoms with E-state index >= 15 is 0 Å². The van der Waals surface area contributed by atoms with E-state index < -0.39 is 0 Å². The van der Waals surface area contributed by atoms with E-state index in [-0.39, 0.29) is 5.91 Å². The third kappa shape index (κ3) is 3.14. The van der Waals surface area contributed by atoms with Crippen molar-refractivity contribution in [3.05, 3.63) is 41.4 Å². The molecular formula is C16H19N3OS.